The number of carbonyl (C=O) groups is 1. The lowest BCUT2D eigenvalue weighted by Gasteiger charge is -2.38. The van der Waals surface area contributed by atoms with Gasteiger partial charge in [-0.1, -0.05) is 0 Å². The van der Waals surface area contributed by atoms with Crippen LogP contribution in [-0.2, 0) is 16.1 Å². The number of hydrogen-bond acceptors (Lipinski definition) is 6. The van der Waals surface area contributed by atoms with Gasteiger partial charge in [0.25, 0.3) is 0 Å². The summed E-state index contributed by atoms with van der Waals surface area (Å²) < 4.78 is 10.5. The van der Waals surface area contributed by atoms with E-state index in [9.17, 15) is 4.79 Å². The van der Waals surface area contributed by atoms with Crippen LogP contribution >= 0.6 is 0 Å². The summed E-state index contributed by atoms with van der Waals surface area (Å²) in [4.78, 5) is 16.6. The molecule has 0 atom stereocenters. The molecule has 3 rings (SSSR count). The van der Waals surface area contributed by atoms with Crippen LogP contribution in [0, 0.1) is 12.3 Å². The molecule has 0 aliphatic carbocycles. The molecule has 7 nitrogen and oxygen atoms in total. The quantitative estimate of drug-likeness (QED) is 0.734. The van der Waals surface area contributed by atoms with Gasteiger partial charge < -0.3 is 14.1 Å². The normalized spacial score (nSPS) is 21.5. The van der Waals surface area contributed by atoms with Crippen LogP contribution in [0.1, 0.15) is 37.5 Å². The molecule has 1 amide bonds. The second kappa shape index (κ2) is 6.97. The van der Waals surface area contributed by atoms with E-state index < -0.39 is 0 Å². The van der Waals surface area contributed by atoms with Crippen molar-refractivity contribution in [3.63, 3.8) is 0 Å². The lowest BCUT2D eigenvalue weighted by Crippen LogP contribution is -2.41. The summed E-state index contributed by atoms with van der Waals surface area (Å²) >= 11 is 0. The molecule has 0 bridgehead atoms. The molecule has 0 radical (unpaired) electrons. The third-order valence-corrected chi connectivity index (χ3v) is 5.03. The van der Waals surface area contributed by atoms with Gasteiger partial charge in [0.05, 0.1) is 6.54 Å². The summed E-state index contributed by atoms with van der Waals surface area (Å²) in [5.41, 5.74) is 0.172. The van der Waals surface area contributed by atoms with Gasteiger partial charge in [0, 0.05) is 40.2 Å². The van der Waals surface area contributed by atoms with Crippen LogP contribution in [0.5, 0.6) is 0 Å². The van der Waals surface area contributed by atoms with Crippen molar-refractivity contribution in [3.05, 3.63) is 11.8 Å². The van der Waals surface area contributed by atoms with Gasteiger partial charge in [-0.3, -0.25) is 9.69 Å². The number of amides is 1. The number of nitrogens with zero attached hydrogens (tertiary/aromatic N) is 4. The second-order valence-corrected chi connectivity index (χ2v) is 6.83. The standard InChI is InChI=1S/C16H26N4O3/c1-13-17-18-14(23-13)11-19-7-4-16(5-8-19)10-15(21)20(12-16)6-3-9-22-2/h3-12H2,1-2H3. The van der Waals surface area contributed by atoms with Gasteiger partial charge in [0.2, 0.25) is 17.7 Å². The average Bonchev–Trinajstić information content (AvgIpc) is 3.06. The van der Waals surface area contributed by atoms with Crippen molar-refractivity contribution in [1.82, 2.24) is 20.0 Å². The van der Waals surface area contributed by atoms with E-state index in [0.29, 0.717) is 37.3 Å². The zero-order chi connectivity index (χ0) is 16.3. The van der Waals surface area contributed by atoms with Gasteiger partial charge in [-0.05, 0) is 37.8 Å². The highest BCUT2D eigenvalue weighted by Crippen LogP contribution is 2.41. The first-order chi connectivity index (χ1) is 11.1. The minimum atomic E-state index is 0.172. The maximum atomic E-state index is 12.3. The Labute approximate surface area is 137 Å². The monoisotopic (exact) mass is 322 g/mol. The van der Waals surface area contributed by atoms with Crippen LogP contribution in [-0.4, -0.2) is 65.8 Å². The van der Waals surface area contributed by atoms with Crippen molar-refractivity contribution in [2.45, 2.75) is 39.2 Å². The zero-order valence-electron chi connectivity index (χ0n) is 14.1. The second-order valence-electron chi connectivity index (χ2n) is 6.83. The number of ether oxygens (including phenoxy) is 1. The first-order valence-corrected chi connectivity index (χ1v) is 8.38. The Balaban J connectivity index is 1.49. The Bertz CT molecular complexity index is 537. The third kappa shape index (κ3) is 3.90. The number of methoxy groups -OCH3 is 1. The van der Waals surface area contributed by atoms with E-state index in [1.165, 1.54) is 0 Å². The zero-order valence-corrected chi connectivity index (χ0v) is 14.1. The molecule has 2 saturated heterocycles. The smallest absolute Gasteiger partial charge is 0.230 e. The van der Waals surface area contributed by atoms with Crippen molar-refractivity contribution >= 4 is 5.91 Å². The SMILES string of the molecule is COCCCN1CC2(CCN(Cc3nnc(C)o3)CC2)CC1=O. The topological polar surface area (TPSA) is 71.7 Å². The molecular formula is C16H26N4O3. The molecular weight excluding hydrogens is 296 g/mol. The molecule has 1 aromatic heterocycles. The van der Waals surface area contributed by atoms with Gasteiger partial charge in [-0.15, -0.1) is 10.2 Å². The van der Waals surface area contributed by atoms with E-state index in [2.05, 4.69) is 15.1 Å². The summed E-state index contributed by atoms with van der Waals surface area (Å²) in [6, 6.07) is 0. The highest BCUT2D eigenvalue weighted by molar-refractivity contribution is 5.79. The molecule has 0 unspecified atom stereocenters. The fourth-order valence-corrected chi connectivity index (χ4v) is 3.70. The van der Waals surface area contributed by atoms with Crippen molar-refractivity contribution in [2.75, 3.05) is 39.9 Å². The number of carbonyl (C=O) groups excluding carboxylic acids is 1. The highest BCUT2D eigenvalue weighted by atomic mass is 16.5. The number of likely N-dealkylation sites (tertiary alicyclic amines) is 2. The van der Waals surface area contributed by atoms with Crippen LogP contribution < -0.4 is 0 Å². The number of rotatable bonds is 6. The molecule has 1 spiro atoms. The summed E-state index contributed by atoms with van der Waals surface area (Å²) in [5, 5.41) is 7.94. The molecule has 23 heavy (non-hydrogen) atoms. The van der Waals surface area contributed by atoms with Gasteiger partial charge in [0.15, 0.2) is 0 Å². The van der Waals surface area contributed by atoms with Crippen LogP contribution in [0.2, 0.25) is 0 Å². The molecule has 2 aliphatic rings. The molecule has 1 aromatic rings. The Morgan fingerprint density at radius 2 is 2.09 bits per heavy atom. The van der Waals surface area contributed by atoms with Crippen LogP contribution in [0.4, 0.5) is 0 Å². The summed E-state index contributed by atoms with van der Waals surface area (Å²) in [6.45, 7) is 6.93. The van der Waals surface area contributed by atoms with E-state index in [1.54, 1.807) is 7.11 Å². The number of piperidine rings is 1. The van der Waals surface area contributed by atoms with Gasteiger partial charge in [0.1, 0.15) is 0 Å². The lowest BCUT2D eigenvalue weighted by atomic mass is 9.77. The fraction of sp³-hybridized carbons (Fsp3) is 0.812. The van der Waals surface area contributed by atoms with E-state index in [1.807, 2.05) is 11.8 Å². The number of aromatic nitrogens is 2. The minimum absolute atomic E-state index is 0.172. The van der Waals surface area contributed by atoms with Crippen LogP contribution in [0.3, 0.4) is 0 Å². The summed E-state index contributed by atoms with van der Waals surface area (Å²) in [5.74, 6) is 1.60. The van der Waals surface area contributed by atoms with Gasteiger partial charge in [-0.25, -0.2) is 0 Å². The molecule has 7 heteroatoms. The Morgan fingerprint density at radius 1 is 1.30 bits per heavy atom. The van der Waals surface area contributed by atoms with E-state index in [-0.39, 0.29) is 5.41 Å². The molecule has 0 N–H and O–H groups in total. The largest absolute Gasteiger partial charge is 0.424 e. The molecule has 0 saturated carbocycles. The van der Waals surface area contributed by atoms with Gasteiger partial charge in [-0.2, -0.15) is 0 Å². The lowest BCUT2D eigenvalue weighted by molar-refractivity contribution is -0.128. The first-order valence-electron chi connectivity index (χ1n) is 8.38. The summed E-state index contributed by atoms with van der Waals surface area (Å²) in [7, 11) is 1.70. The fourth-order valence-electron chi connectivity index (χ4n) is 3.70. The van der Waals surface area contributed by atoms with Crippen LogP contribution in [0.25, 0.3) is 0 Å². The number of aryl methyl sites for hydroxylation is 1. The Morgan fingerprint density at radius 3 is 2.74 bits per heavy atom. The maximum Gasteiger partial charge on any atom is 0.230 e. The molecule has 2 aliphatic heterocycles. The minimum Gasteiger partial charge on any atom is -0.424 e. The highest BCUT2D eigenvalue weighted by Gasteiger charge is 2.44. The molecule has 3 heterocycles. The van der Waals surface area contributed by atoms with E-state index >= 15 is 0 Å². The predicted octanol–water partition coefficient (Wildman–Crippen LogP) is 1.23. The first kappa shape index (κ1) is 16.4. The van der Waals surface area contributed by atoms with Gasteiger partial charge >= 0.3 is 0 Å². The Hall–Kier alpha value is -1.47. The van der Waals surface area contributed by atoms with E-state index in [4.69, 9.17) is 9.15 Å². The number of hydrogen-bond donors (Lipinski definition) is 0. The average molecular weight is 322 g/mol. The molecule has 2 fully saturated rings. The van der Waals surface area contributed by atoms with Crippen molar-refractivity contribution < 1.29 is 13.9 Å². The van der Waals surface area contributed by atoms with Crippen LogP contribution in [0.15, 0.2) is 4.42 Å². The van der Waals surface area contributed by atoms with E-state index in [0.717, 1.165) is 45.4 Å². The summed E-state index contributed by atoms with van der Waals surface area (Å²) in [6.07, 6.45) is 3.74. The molecule has 0 aromatic carbocycles. The predicted molar refractivity (Wildman–Crippen MR) is 83.7 cm³/mol. The Kier molecular flexibility index (Phi) is 4.96. The van der Waals surface area contributed by atoms with Crippen molar-refractivity contribution in [1.29, 1.82) is 0 Å². The van der Waals surface area contributed by atoms with Crippen molar-refractivity contribution in [2.24, 2.45) is 5.41 Å². The third-order valence-electron chi connectivity index (χ3n) is 5.03. The maximum absolute atomic E-state index is 12.3. The molecule has 128 valence electrons. The van der Waals surface area contributed by atoms with Crippen molar-refractivity contribution in [3.8, 4) is 0 Å².